The molecule has 8 heteroatoms. The molecule has 2 rings (SSSR count). The number of rotatable bonds is 4. The summed E-state index contributed by atoms with van der Waals surface area (Å²) in [5.74, 6) is -1.16. The molecule has 8 nitrogen and oxygen atoms in total. The summed E-state index contributed by atoms with van der Waals surface area (Å²) in [6.45, 7) is 2.28. The summed E-state index contributed by atoms with van der Waals surface area (Å²) in [6, 6.07) is 1.10. The van der Waals surface area contributed by atoms with Gasteiger partial charge in [-0.15, -0.1) is 0 Å². The zero-order valence-electron chi connectivity index (χ0n) is 12.4. The number of aromatic nitrogens is 2. The highest BCUT2D eigenvalue weighted by molar-refractivity contribution is 5.89. The van der Waals surface area contributed by atoms with E-state index in [4.69, 9.17) is 4.74 Å². The minimum Gasteiger partial charge on any atom is -0.451 e. The molecule has 22 heavy (non-hydrogen) atoms. The van der Waals surface area contributed by atoms with Crippen molar-refractivity contribution >= 4 is 11.9 Å². The molecule has 1 aromatic heterocycles. The van der Waals surface area contributed by atoms with Crippen LogP contribution in [0.2, 0.25) is 0 Å². The molecule has 2 heterocycles. The van der Waals surface area contributed by atoms with E-state index in [1.807, 2.05) is 11.9 Å². The fourth-order valence-corrected chi connectivity index (χ4v) is 2.62. The van der Waals surface area contributed by atoms with Crippen molar-refractivity contribution in [1.29, 1.82) is 0 Å². The lowest BCUT2D eigenvalue weighted by atomic mass is 10.00. The molecule has 1 fully saturated rings. The molecule has 120 valence electrons. The van der Waals surface area contributed by atoms with Gasteiger partial charge >= 0.3 is 11.7 Å². The highest BCUT2D eigenvalue weighted by Crippen LogP contribution is 2.19. The lowest BCUT2D eigenvalue weighted by molar-refractivity contribution is -0.138. The second-order valence-electron chi connectivity index (χ2n) is 5.22. The number of nitrogens with one attached hydrogen (secondary N) is 2. The number of hydrogen-bond acceptors (Lipinski definition) is 5. The summed E-state index contributed by atoms with van der Waals surface area (Å²) in [6.07, 6.45) is 3.85. The summed E-state index contributed by atoms with van der Waals surface area (Å²) in [5, 5.41) is 0. The number of carbonyl (C=O) groups excluding carboxylic acids is 2. The van der Waals surface area contributed by atoms with Gasteiger partial charge in [0.15, 0.2) is 6.61 Å². The monoisotopic (exact) mass is 309 g/mol. The Balaban J connectivity index is 1.96. The molecule has 0 radical (unpaired) electrons. The van der Waals surface area contributed by atoms with Crippen molar-refractivity contribution in [2.24, 2.45) is 0 Å². The van der Waals surface area contributed by atoms with Crippen LogP contribution in [0, 0.1) is 0 Å². The third-order valence-electron chi connectivity index (χ3n) is 3.73. The lowest BCUT2D eigenvalue weighted by Crippen LogP contribution is -2.45. The fourth-order valence-electron chi connectivity index (χ4n) is 2.62. The first-order valence-electron chi connectivity index (χ1n) is 7.31. The van der Waals surface area contributed by atoms with Crippen molar-refractivity contribution in [2.75, 3.05) is 13.2 Å². The van der Waals surface area contributed by atoms with Crippen molar-refractivity contribution in [3.63, 3.8) is 0 Å². The highest BCUT2D eigenvalue weighted by atomic mass is 16.5. The number of amides is 1. The highest BCUT2D eigenvalue weighted by Gasteiger charge is 2.26. The second-order valence-corrected chi connectivity index (χ2v) is 5.22. The van der Waals surface area contributed by atoms with E-state index in [1.165, 1.54) is 0 Å². The predicted molar refractivity (Wildman–Crippen MR) is 77.6 cm³/mol. The molecule has 0 aromatic carbocycles. The third kappa shape index (κ3) is 3.84. The van der Waals surface area contributed by atoms with E-state index in [0.717, 1.165) is 31.7 Å². The van der Waals surface area contributed by atoms with Crippen LogP contribution in [-0.2, 0) is 9.53 Å². The number of aromatic amines is 2. The number of hydrogen-bond donors (Lipinski definition) is 2. The Kier molecular flexibility index (Phi) is 5.13. The number of ether oxygens (including phenoxy) is 1. The van der Waals surface area contributed by atoms with Crippen LogP contribution in [0.4, 0.5) is 0 Å². The van der Waals surface area contributed by atoms with Gasteiger partial charge in [0.2, 0.25) is 0 Å². The SMILES string of the molecule is CC[C@H]1CCCCN1C(=O)COC(=O)c1cc(=O)[nH]c(=O)[nH]1. The van der Waals surface area contributed by atoms with Gasteiger partial charge in [-0.05, 0) is 25.7 Å². The summed E-state index contributed by atoms with van der Waals surface area (Å²) in [4.78, 5) is 52.0. The molecule has 1 atom stereocenters. The van der Waals surface area contributed by atoms with E-state index in [-0.39, 0.29) is 17.6 Å². The van der Waals surface area contributed by atoms with E-state index in [1.54, 1.807) is 4.90 Å². The first-order chi connectivity index (χ1) is 10.5. The molecule has 1 aliphatic rings. The van der Waals surface area contributed by atoms with Crippen LogP contribution in [0.5, 0.6) is 0 Å². The fraction of sp³-hybridized carbons (Fsp3) is 0.571. The minimum atomic E-state index is -0.901. The average Bonchev–Trinajstić information content (AvgIpc) is 2.51. The summed E-state index contributed by atoms with van der Waals surface area (Å²) in [5.41, 5.74) is -1.77. The minimum absolute atomic E-state index is 0.180. The number of piperidine rings is 1. The number of nitrogens with zero attached hydrogens (tertiary/aromatic N) is 1. The first kappa shape index (κ1) is 16.0. The smallest absolute Gasteiger partial charge is 0.355 e. The van der Waals surface area contributed by atoms with Gasteiger partial charge in [0.05, 0.1) is 0 Å². The Morgan fingerprint density at radius 2 is 2.09 bits per heavy atom. The van der Waals surface area contributed by atoms with Crippen LogP contribution in [0.25, 0.3) is 0 Å². The van der Waals surface area contributed by atoms with Gasteiger partial charge in [-0.3, -0.25) is 14.6 Å². The standard InChI is InChI=1S/C14H19N3O5/c1-2-9-5-3-4-6-17(9)12(19)8-22-13(20)10-7-11(18)16-14(21)15-10/h7,9H,2-6,8H2,1H3,(H2,15,16,18,21)/t9-/m0/s1. The number of H-pyrrole nitrogens is 2. The maximum Gasteiger partial charge on any atom is 0.355 e. The van der Waals surface area contributed by atoms with E-state index in [9.17, 15) is 19.2 Å². The summed E-state index contributed by atoms with van der Waals surface area (Å²) >= 11 is 0. The topological polar surface area (TPSA) is 112 Å². The second kappa shape index (κ2) is 7.06. The molecule has 0 aliphatic carbocycles. The predicted octanol–water partition coefficient (Wildman–Crippen LogP) is 0.0111. The maximum absolute atomic E-state index is 12.1. The molecule has 1 aromatic rings. The Morgan fingerprint density at radius 1 is 1.32 bits per heavy atom. The third-order valence-corrected chi connectivity index (χ3v) is 3.73. The van der Waals surface area contributed by atoms with Crippen molar-refractivity contribution in [1.82, 2.24) is 14.9 Å². The van der Waals surface area contributed by atoms with Gasteiger partial charge in [0.25, 0.3) is 11.5 Å². The number of carbonyl (C=O) groups is 2. The quantitative estimate of drug-likeness (QED) is 0.761. The number of likely N-dealkylation sites (tertiary alicyclic amines) is 1. The van der Waals surface area contributed by atoms with E-state index < -0.39 is 23.8 Å². The van der Waals surface area contributed by atoms with Gasteiger partial charge in [0.1, 0.15) is 5.69 Å². The van der Waals surface area contributed by atoms with Crippen molar-refractivity contribution in [2.45, 2.75) is 38.6 Å². The van der Waals surface area contributed by atoms with Gasteiger partial charge in [-0.25, -0.2) is 9.59 Å². The molecule has 1 saturated heterocycles. The molecule has 0 spiro atoms. The van der Waals surface area contributed by atoms with Gasteiger partial charge in [0, 0.05) is 18.7 Å². The molecule has 1 amide bonds. The van der Waals surface area contributed by atoms with Crippen LogP contribution in [0.1, 0.15) is 43.1 Å². The normalized spacial score (nSPS) is 18.0. The Bertz CT molecular complexity index is 635. The first-order valence-corrected chi connectivity index (χ1v) is 7.31. The molecule has 1 aliphatic heterocycles. The molecule has 2 N–H and O–H groups in total. The number of esters is 1. The summed E-state index contributed by atoms with van der Waals surface area (Å²) < 4.78 is 4.89. The average molecular weight is 309 g/mol. The molecular formula is C14H19N3O5. The van der Waals surface area contributed by atoms with Crippen molar-refractivity contribution < 1.29 is 14.3 Å². The molecule has 0 bridgehead atoms. The van der Waals surface area contributed by atoms with Crippen LogP contribution in [-0.4, -0.2) is 45.9 Å². The van der Waals surface area contributed by atoms with Crippen LogP contribution in [0.15, 0.2) is 15.7 Å². The lowest BCUT2D eigenvalue weighted by Gasteiger charge is -2.35. The molecule has 0 unspecified atom stereocenters. The van der Waals surface area contributed by atoms with Crippen LogP contribution >= 0.6 is 0 Å². The van der Waals surface area contributed by atoms with Crippen LogP contribution < -0.4 is 11.2 Å². The van der Waals surface area contributed by atoms with E-state index >= 15 is 0 Å². The van der Waals surface area contributed by atoms with Crippen LogP contribution in [0.3, 0.4) is 0 Å². The maximum atomic E-state index is 12.1. The van der Waals surface area contributed by atoms with Crippen molar-refractivity contribution in [3.8, 4) is 0 Å². The Labute approximate surface area is 126 Å². The van der Waals surface area contributed by atoms with Crippen molar-refractivity contribution in [3.05, 3.63) is 32.6 Å². The van der Waals surface area contributed by atoms with Gasteiger partial charge in [-0.1, -0.05) is 6.92 Å². The zero-order chi connectivity index (χ0) is 16.1. The van der Waals surface area contributed by atoms with E-state index in [0.29, 0.717) is 6.54 Å². The molecular weight excluding hydrogens is 290 g/mol. The molecule has 0 saturated carbocycles. The summed E-state index contributed by atoms with van der Waals surface area (Å²) in [7, 11) is 0. The van der Waals surface area contributed by atoms with Gasteiger partial charge in [-0.2, -0.15) is 0 Å². The Morgan fingerprint density at radius 3 is 2.77 bits per heavy atom. The van der Waals surface area contributed by atoms with Gasteiger partial charge < -0.3 is 14.6 Å². The largest absolute Gasteiger partial charge is 0.451 e. The Hall–Kier alpha value is -2.38. The van der Waals surface area contributed by atoms with E-state index in [2.05, 4.69) is 4.98 Å². The zero-order valence-corrected chi connectivity index (χ0v) is 12.4.